The highest BCUT2D eigenvalue weighted by molar-refractivity contribution is 6.30. The van der Waals surface area contributed by atoms with Crippen LogP contribution in [0.1, 0.15) is 38.4 Å². The van der Waals surface area contributed by atoms with Crippen LogP contribution in [0, 0.1) is 5.92 Å². The molecular weight excluding hydrogens is 246 g/mol. The van der Waals surface area contributed by atoms with Crippen LogP contribution in [0.3, 0.4) is 0 Å². The van der Waals surface area contributed by atoms with Crippen LogP contribution < -0.4 is 0 Å². The zero-order valence-corrected chi connectivity index (χ0v) is 12.3. The molecule has 1 rings (SSSR count). The van der Waals surface area contributed by atoms with Crippen molar-refractivity contribution in [2.45, 2.75) is 32.8 Å². The van der Waals surface area contributed by atoms with E-state index in [1.807, 2.05) is 24.3 Å². The van der Waals surface area contributed by atoms with Crippen LogP contribution in [0.2, 0.25) is 5.02 Å². The van der Waals surface area contributed by atoms with Crippen LogP contribution in [0.5, 0.6) is 0 Å². The lowest BCUT2D eigenvalue weighted by Crippen LogP contribution is -2.26. The highest BCUT2D eigenvalue weighted by Gasteiger charge is 2.10. The van der Waals surface area contributed by atoms with E-state index in [9.17, 15) is 5.11 Å². The Kier molecular flexibility index (Phi) is 6.69. The Morgan fingerprint density at radius 1 is 1.39 bits per heavy atom. The van der Waals surface area contributed by atoms with Crippen LogP contribution in [-0.2, 0) is 0 Å². The van der Waals surface area contributed by atoms with Crippen molar-refractivity contribution in [2.24, 2.45) is 5.92 Å². The molecule has 0 bridgehead atoms. The summed E-state index contributed by atoms with van der Waals surface area (Å²) in [6, 6.07) is 7.46. The predicted molar refractivity (Wildman–Crippen MR) is 78.0 cm³/mol. The lowest BCUT2D eigenvalue weighted by molar-refractivity contribution is 0.145. The standard InChI is InChI=1S/C15H24ClNO/c1-4-12(2)11-17(3)9-8-15(18)13-6-5-7-14(16)10-13/h5-7,10,12,15,18H,4,8-9,11H2,1-3H3. The van der Waals surface area contributed by atoms with Gasteiger partial charge in [-0.2, -0.15) is 0 Å². The molecular formula is C15H24ClNO. The number of rotatable bonds is 7. The van der Waals surface area contributed by atoms with Gasteiger partial charge in [0.25, 0.3) is 0 Å². The molecule has 0 aliphatic rings. The normalized spacial score (nSPS) is 14.8. The monoisotopic (exact) mass is 269 g/mol. The van der Waals surface area contributed by atoms with Gasteiger partial charge in [-0.1, -0.05) is 44.0 Å². The van der Waals surface area contributed by atoms with E-state index in [0.717, 1.165) is 25.1 Å². The minimum Gasteiger partial charge on any atom is -0.388 e. The maximum absolute atomic E-state index is 10.1. The van der Waals surface area contributed by atoms with Gasteiger partial charge in [0.1, 0.15) is 0 Å². The summed E-state index contributed by atoms with van der Waals surface area (Å²) in [4.78, 5) is 2.28. The summed E-state index contributed by atoms with van der Waals surface area (Å²) in [6.45, 7) is 6.44. The number of hydrogen-bond acceptors (Lipinski definition) is 2. The second-order valence-corrected chi connectivity index (χ2v) is 5.57. The van der Waals surface area contributed by atoms with Crippen LogP contribution in [-0.4, -0.2) is 30.1 Å². The van der Waals surface area contributed by atoms with E-state index < -0.39 is 6.10 Å². The number of halogens is 1. The van der Waals surface area contributed by atoms with Crippen molar-refractivity contribution in [1.82, 2.24) is 4.90 Å². The van der Waals surface area contributed by atoms with Crippen molar-refractivity contribution in [2.75, 3.05) is 20.1 Å². The second-order valence-electron chi connectivity index (χ2n) is 5.14. The molecule has 0 spiro atoms. The number of benzene rings is 1. The second kappa shape index (κ2) is 7.78. The van der Waals surface area contributed by atoms with Crippen LogP contribution in [0.15, 0.2) is 24.3 Å². The smallest absolute Gasteiger partial charge is 0.0802 e. The molecule has 18 heavy (non-hydrogen) atoms. The summed E-state index contributed by atoms with van der Waals surface area (Å²) in [6.07, 6.45) is 1.51. The minimum absolute atomic E-state index is 0.428. The Morgan fingerprint density at radius 2 is 2.11 bits per heavy atom. The molecule has 1 N–H and O–H groups in total. The molecule has 0 saturated carbocycles. The van der Waals surface area contributed by atoms with Gasteiger partial charge in [-0.3, -0.25) is 0 Å². The first-order valence-corrected chi connectivity index (χ1v) is 7.02. The highest BCUT2D eigenvalue weighted by Crippen LogP contribution is 2.20. The third kappa shape index (κ3) is 5.38. The Bertz CT molecular complexity index is 356. The van der Waals surface area contributed by atoms with Crippen molar-refractivity contribution < 1.29 is 5.11 Å². The van der Waals surface area contributed by atoms with Crippen molar-refractivity contribution in [1.29, 1.82) is 0 Å². The van der Waals surface area contributed by atoms with Crippen molar-refractivity contribution in [3.63, 3.8) is 0 Å². The lowest BCUT2D eigenvalue weighted by atomic mass is 10.1. The summed E-state index contributed by atoms with van der Waals surface area (Å²) >= 11 is 5.92. The summed E-state index contributed by atoms with van der Waals surface area (Å²) in [5.74, 6) is 0.707. The SMILES string of the molecule is CCC(C)CN(C)CCC(O)c1cccc(Cl)c1. The molecule has 1 aromatic rings. The zero-order chi connectivity index (χ0) is 13.5. The quantitative estimate of drug-likeness (QED) is 0.815. The average molecular weight is 270 g/mol. The molecule has 0 heterocycles. The number of nitrogens with zero attached hydrogens (tertiary/aromatic N) is 1. The van der Waals surface area contributed by atoms with Gasteiger partial charge < -0.3 is 10.0 Å². The predicted octanol–water partition coefficient (Wildman–Crippen LogP) is 3.74. The average Bonchev–Trinajstić information content (AvgIpc) is 2.35. The fourth-order valence-electron chi connectivity index (χ4n) is 1.98. The largest absolute Gasteiger partial charge is 0.388 e. The van der Waals surface area contributed by atoms with E-state index in [-0.39, 0.29) is 0 Å². The van der Waals surface area contributed by atoms with E-state index >= 15 is 0 Å². The molecule has 0 aliphatic heterocycles. The Labute approximate surface area is 116 Å². The molecule has 0 radical (unpaired) electrons. The zero-order valence-electron chi connectivity index (χ0n) is 11.6. The molecule has 2 unspecified atom stereocenters. The summed E-state index contributed by atoms with van der Waals surface area (Å²) in [7, 11) is 2.11. The van der Waals surface area contributed by atoms with Crippen LogP contribution >= 0.6 is 11.6 Å². The van der Waals surface area contributed by atoms with Gasteiger partial charge in [-0.05, 0) is 37.1 Å². The van der Waals surface area contributed by atoms with Gasteiger partial charge in [-0.15, -0.1) is 0 Å². The summed E-state index contributed by atoms with van der Waals surface area (Å²) in [5, 5.41) is 10.8. The summed E-state index contributed by atoms with van der Waals surface area (Å²) in [5.41, 5.74) is 0.902. The number of hydrogen-bond donors (Lipinski definition) is 1. The molecule has 102 valence electrons. The van der Waals surface area contributed by atoms with Gasteiger partial charge >= 0.3 is 0 Å². The molecule has 0 aromatic heterocycles. The van der Waals surface area contributed by atoms with E-state index in [2.05, 4.69) is 25.8 Å². The number of aliphatic hydroxyl groups excluding tert-OH is 1. The lowest BCUT2D eigenvalue weighted by Gasteiger charge is -2.22. The highest BCUT2D eigenvalue weighted by atomic mass is 35.5. The molecule has 0 saturated heterocycles. The molecule has 2 atom stereocenters. The molecule has 1 aromatic carbocycles. The van der Waals surface area contributed by atoms with Gasteiger partial charge in [-0.25, -0.2) is 0 Å². The molecule has 0 amide bonds. The molecule has 2 nitrogen and oxygen atoms in total. The third-order valence-corrected chi connectivity index (χ3v) is 3.57. The first kappa shape index (κ1) is 15.5. The number of aliphatic hydroxyl groups is 1. The van der Waals surface area contributed by atoms with E-state index in [1.165, 1.54) is 6.42 Å². The van der Waals surface area contributed by atoms with Crippen molar-refractivity contribution in [3.05, 3.63) is 34.9 Å². The van der Waals surface area contributed by atoms with Crippen molar-refractivity contribution >= 4 is 11.6 Å². The van der Waals surface area contributed by atoms with Gasteiger partial charge in [0.2, 0.25) is 0 Å². The maximum Gasteiger partial charge on any atom is 0.0802 e. The first-order valence-electron chi connectivity index (χ1n) is 6.65. The Hall–Kier alpha value is -0.570. The van der Waals surface area contributed by atoms with Gasteiger partial charge in [0, 0.05) is 18.1 Å². The maximum atomic E-state index is 10.1. The Balaban J connectivity index is 2.39. The first-order chi connectivity index (χ1) is 8.52. The van der Waals surface area contributed by atoms with E-state index in [4.69, 9.17) is 11.6 Å². The van der Waals surface area contributed by atoms with E-state index in [0.29, 0.717) is 10.9 Å². The van der Waals surface area contributed by atoms with Gasteiger partial charge in [0.15, 0.2) is 0 Å². The molecule has 3 heteroatoms. The van der Waals surface area contributed by atoms with E-state index in [1.54, 1.807) is 0 Å². The van der Waals surface area contributed by atoms with Crippen LogP contribution in [0.4, 0.5) is 0 Å². The summed E-state index contributed by atoms with van der Waals surface area (Å²) < 4.78 is 0. The van der Waals surface area contributed by atoms with Gasteiger partial charge in [0.05, 0.1) is 6.10 Å². The minimum atomic E-state index is -0.428. The van der Waals surface area contributed by atoms with Crippen LogP contribution in [0.25, 0.3) is 0 Å². The topological polar surface area (TPSA) is 23.5 Å². The van der Waals surface area contributed by atoms with Crippen molar-refractivity contribution in [3.8, 4) is 0 Å². The fraction of sp³-hybridized carbons (Fsp3) is 0.600. The third-order valence-electron chi connectivity index (χ3n) is 3.34. The molecule has 0 fully saturated rings. The molecule has 0 aliphatic carbocycles. The Morgan fingerprint density at radius 3 is 2.72 bits per heavy atom. The fourth-order valence-corrected chi connectivity index (χ4v) is 2.17.